The molecule has 1 aromatic heterocycles. The first-order valence-corrected chi connectivity index (χ1v) is 6.60. The van der Waals surface area contributed by atoms with Crippen LogP contribution in [0.25, 0.3) is 0 Å². The van der Waals surface area contributed by atoms with Crippen molar-refractivity contribution < 1.29 is 4.79 Å². The summed E-state index contributed by atoms with van der Waals surface area (Å²) in [4.78, 5) is 16.1. The van der Waals surface area contributed by atoms with E-state index in [-0.39, 0.29) is 5.91 Å². The Hall–Kier alpha value is -1.35. The summed E-state index contributed by atoms with van der Waals surface area (Å²) < 4.78 is 0. The SMILES string of the molecule is Cc1cc(Cl)c(C(=O)NCC2CC=CCC2)cn1. The van der Waals surface area contributed by atoms with Gasteiger partial charge in [0.25, 0.3) is 5.91 Å². The van der Waals surface area contributed by atoms with Crippen LogP contribution in [0.1, 0.15) is 35.3 Å². The molecule has 1 amide bonds. The number of rotatable bonds is 3. The number of allylic oxidation sites excluding steroid dienone is 2. The van der Waals surface area contributed by atoms with E-state index in [0.29, 0.717) is 23.0 Å². The minimum atomic E-state index is -0.137. The maximum atomic E-state index is 12.0. The van der Waals surface area contributed by atoms with Gasteiger partial charge in [-0.3, -0.25) is 9.78 Å². The molecule has 1 heterocycles. The van der Waals surface area contributed by atoms with Gasteiger partial charge >= 0.3 is 0 Å². The molecule has 3 nitrogen and oxygen atoms in total. The maximum Gasteiger partial charge on any atom is 0.254 e. The molecule has 1 atom stereocenters. The highest BCUT2D eigenvalue weighted by Gasteiger charge is 2.14. The Balaban J connectivity index is 1.93. The Morgan fingerprint density at radius 3 is 3.06 bits per heavy atom. The molecule has 0 saturated heterocycles. The molecule has 1 aliphatic carbocycles. The number of hydrogen-bond donors (Lipinski definition) is 1. The molecule has 2 rings (SSSR count). The number of carbonyl (C=O) groups is 1. The second kappa shape index (κ2) is 6.01. The highest BCUT2D eigenvalue weighted by atomic mass is 35.5. The van der Waals surface area contributed by atoms with Crippen molar-refractivity contribution in [1.82, 2.24) is 10.3 Å². The molecule has 18 heavy (non-hydrogen) atoms. The Morgan fingerprint density at radius 1 is 1.56 bits per heavy atom. The Kier molecular flexibility index (Phi) is 4.37. The van der Waals surface area contributed by atoms with Crippen LogP contribution >= 0.6 is 11.6 Å². The zero-order valence-corrected chi connectivity index (χ0v) is 11.2. The number of carbonyl (C=O) groups excluding carboxylic acids is 1. The summed E-state index contributed by atoms with van der Waals surface area (Å²) in [6.07, 6.45) is 9.19. The molecule has 0 radical (unpaired) electrons. The molecule has 0 aliphatic heterocycles. The number of halogens is 1. The molecule has 1 unspecified atom stereocenters. The lowest BCUT2D eigenvalue weighted by molar-refractivity contribution is 0.0946. The average Bonchev–Trinajstić information content (AvgIpc) is 2.37. The van der Waals surface area contributed by atoms with Gasteiger partial charge < -0.3 is 5.32 Å². The van der Waals surface area contributed by atoms with Crippen LogP contribution in [0.4, 0.5) is 0 Å². The van der Waals surface area contributed by atoms with Crippen LogP contribution in [-0.4, -0.2) is 17.4 Å². The third kappa shape index (κ3) is 3.33. The van der Waals surface area contributed by atoms with E-state index in [1.54, 1.807) is 6.07 Å². The van der Waals surface area contributed by atoms with E-state index in [2.05, 4.69) is 22.5 Å². The smallest absolute Gasteiger partial charge is 0.254 e. The van der Waals surface area contributed by atoms with Gasteiger partial charge in [-0.2, -0.15) is 0 Å². The van der Waals surface area contributed by atoms with Gasteiger partial charge in [-0.05, 0) is 38.2 Å². The molecule has 0 spiro atoms. The van der Waals surface area contributed by atoms with Crippen molar-refractivity contribution in [3.05, 3.63) is 40.7 Å². The van der Waals surface area contributed by atoms with Crippen LogP contribution in [-0.2, 0) is 0 Å². The van der Waals surface area contributed by atoms with Gasteiger partial charge in [-0.25, -0.2) is 0 Å². The minimum absolute atomic E-state index is 0.137. The largest absolute Gasteiger partial charge is 0.352 e. The van der Waals surface area contributed by atoms with E-state index in [9.17, 15) is 4.79 Å². The summed E-state index contributed by atoms with van der Waals surface area (Å²) in [6.45, 7) is 2.55. The van der Waals surface area contributed by atoms with Crippen molar-refractivity contribution in [2.24, 2.45) is 5.92 Å². The third-order valence-electron chi connectivity index (χ3n) is 3.16. The van der Waals surface area contributed by atoms with Crippen LogP contribution in [0.2, 0.25) is 5.02 Å². The lowest BCUT2D eigenvalue weighted by Gasteiger charge is -2.18. The summed E-state index contributed by atoms with van der Waals surface area (Å²) in [5.41, 5.74) is 1.27. The molecule has 0 bridgehead atoms. The van der Waals surface area contributed by atoms with Gasteiger partial charge in [0.15, 0.2) is 0 Å². The fourth-order valence-corrected chi connectivity index (χ4v) is 2.36. The molecular weight excluding hydrogens is 248 g/mol. The predicted octanol–water partition coefficient (Wildman–Crippen LogP) is 3.13. The van der Waals surface area contributed by atoms with E-state index in [0.717, 1.165) is 25.0 Å². The molecule has 96 valence electrons. The van der Waals surface area contributed by atoms with Crippen LogP contribution in [0, 0.1) is 12.8 Å². The second-order valence-electron chi connectivity index (χ2n) is 4.67. The normalized spacial score (nSPS) is 18.7. The predicted molar refractivity (Wildman–Crippen MR) is 72.8 cm³/mol. The Bertz CT molecular complexity index is 471. The second-order valence-corrected chi connectivity index (χ2v) is 5.07. The van der Waals surface area contributed by atoms with Crippen molar-refractivity contribution in [3.63, 3.8) is 0 Å². The first kappa shape index (κ1) is 13.1. The third-order valence-corrected chi connectivity index (χ3v) is 3.48. The molecule has 1 aliphatic rings. The summed E-state index contributed by atoms with van der Waals surface area (Å²) in [6, 6.07) is 1.71. The first-order valence-electron chi connectivity index (χ1n) is 6.22. The summed E-state index contributed by atoms with van der Waals surface area (Å²) >= 11 is 6.03. The van der Waals surface area contributed by atoms with Crippen molar-refractivity contribution in [1.29, 1.82) is 0 Å². The van der Waals surface area contributed by atoms with Gasteiger partial charge in [-0.15, -0.1) is 0 Å². The standard InChI is InChI=1S/C14H17ClN2O/c1-10-7-13(15)12(9-16-10)14(18)17-8-11-5-3-2-4-6-11/h2-3,7,9,11H,4-6,8H2,1H3,(H,17,18). The molecule has 4 heteroatoms. The summed E-state index contributed by atoms with van der Waals surface area (Å²) in [7, 11) is 0. The van der Waals surface area contributed by atoms with Crippen molar-refractivity contribution in [2.75, 3.05) is 6.54 Å². The van der Waals surface area contributed by atoms with E-state index in [1.165, 1.54) is 6.20 Å². The first-order chi connectivity index (χ1) is 8.66. The summed E-state index contributed by atoms with van der Waals surface area (Å²) in [5.74, 6) is 0.401. The van der Waals surface area contributed by atoms with Crippen LogP contribution in [0.15, 0.2) is 24.4 Å². The van der Waals surface area contributed by atoms with Crippen molar-refractivity contribution in [3.8, 4) is 0 Å². The van der Waals surface area contributed by atoms with E-state index in [1.807, 2.05) is 6.92 Å². The van der Waals surface area contributed by atoms with Gasteiger partial charge in [-0.1, -0.05) is 23.8 Å². The average molecular weight is 265 g/mol. The highest BCUT2D eigenvalue weighted by Crippen LogP contribution is 2.18. The zero-order valence-electron chi connectivity index (χ0n) is 10.4. The van der Waals surface area contributed by atoms with Crippen molar-refractivity contribution in [2.45, 2.75) is 26.2 Å². The van der Waals surface area contributed by atoms with Gasteiger partial charge in [0.1, 0.15) is 0 Å². The van der Waals surface area contributed by atoms with Gasteiger partial charge in [0.2, 0.25) is 0 Å². The Morgan fingerprint density at radius 2 is 2.39 bits per heavy atom. The highest BCUT2D eigenvalue weighted by molar-refractivity contribution is 6.33. The van der Waals surface area contributed by atoms with E-state index < -0.39 is 0 Å². The van der Waals surface area contributed by atoms with Crippen LogP contribution < -0.4 is 5.32 Å². The number of nitrogens with zero attached hydrogens (tertiary/aromatic N) is 1. The number of hydrogen-bond acceptors (Lipinski definition) is 2. The molecule has 1 N–H and O–H groups in total. The fraction of sp³-hybridized carbons (Fsp3) is 0.429. The number of aromatic nitrogens is 1. The molecule has 0 aromatic carbocycles. The molecule has 0 fully saturated rings. The minimum Gasteiger partial charge on any atom is -0.352 e. The Labute approximate surface area is 112 Å². The number of pyridine rings is 1. The van der Waals surface area contributed by atoms with Crippen molar-refractivity contribution >= 4 is 17.5 Å². The van der Waals surface area contributed by atoms with Crippen LogP contribution in [0.5, 0.6) is 0 Å². The monoisotopic (exact) mass is 264 g/mol. The lowest BCUT2D eigenvalue weighted by Crippen LogP contribution is -2.30. The number of nitrogens with one attached hydrogen (secondary N) is 1. The van der Waals surface area contributed by atoms with E-state index >= 15 is 0 Å². The molecule has 0 saturated carbocycles. The topological polar surface area (TPSA) is 42.0 Å². The van der Waals surface area contributed by atoms with E-state index in [4.69, 9.17) is 11.6 Å². The van der Waals surface area contributed by atoms with Gasteiger partial charge in [0.05, 0.1) is 10.6 Å². The quantitative estimate of drug-likeness (QED) is 0.853. The number of amides is 1. The number of aryl methyl sites for hydroxylation is 1. The van der Waals surface area contributed by atoms with Crippen LogP contribution in [0.3, 0.4) is 0 Å². The lowest BCUT2D eigenvalue weighted by atomic mass is 9.94. The zero-order chi connectivity index (χ0) is 13.0. The van der Waals surface area contributed by atoms with Gasteiger partial charge in [0, 0.05) is 18.4 Å². The molecular formula is C14H17ClN2O. The summed E-state index contributed by atoms with van der Waals surface area (Å²) in [5, 5.41) is 3.39. The molecule has 1 aromatic rings. The maximum absolute atomic E-state index is 12.0. The fourth-order valence-electron chi connectivity index (χ4n) is 2.07.